The molecule has 0 radical (unpaired) electrons. The third-order valence-corrected chi connectivity index (χ3v) is 3.88. The van der Waals surface area contributed by atoms with E-state index in [0.29, 0.717) is 17.0 Å². The minimum atomic E-state index is -0.475. The van der Waals surface area contributed by atoms with Gasteiger partial charge in [-0.2, -0.15) is 9.97 Å². The van der Waals surface area contributed by atoms with Crippen molar-refractivity contribution in [3.8, 4) is 0 Å². The number of anilines is 2. The predicted octanol–water partition coefficient (Wildman–Crippen LogP) is 1.27. The van der Waals surface area contributed by atoms with Gasteiger partial charge in [0.15, 0.2) is 17.0 Å². The van der Waals surface area contributed by atoms with Crippen LogP contribution in [-0.2, 0) is 5.54 Å². The number of nitrogens with two attached hydrogens (primary N) is 1. The number of imidazole rings is 1. The van der Waals surface area contributed by atoms with Crippen molar-refractivity contribution in [1.82, 2.24) is 19.5 Å². The highest BCUT2D eigenvalue weighted by Gasteiger charge is 2.33. The summed E-state index contributed by atoms with van der Waals surface area (Å²) in [4.78, 5) is 13.0. The number of allylic oxidation sites excluding steroid dienone is 1. The van der Waals surface area contributed by atoms with E-state index < -0.39 is 5.54 Å². The summed E-state index contributed by atoms with van der Waals surface area (Å²) in [6.45, 7) is 2.89. The van der Waals surface area contributed by atoms with Gasteiger partial charge in [0, 0.05) is 6.54 Å². The normalized spacial score (nSPS) is 21.2. The molecule has 0 amide bonds. The molecular weight excluding hydrogens is 268 g/mol. The summed E-state index contributed by atoms with van der Waals surface area (Å²) in [6, 6.07) is 0. The lowest BCUT2D eigenvalue weighted by Gasteiger charge is -2.27. The van der Waals surface area contributed by atoms with Crippen molar-refractivity contribution in [2.24, 2.45) is 0 Å². The van der Waals surface area contributed by atoms with E-state index in [9.17, 15) is 5.11 Å². The van der Waals surface area contributed by atoms with Crippen molar-refractivity contribution in [2.45, 2.75) is 31.7 Å². The van der Waals surface area contributed by atoms with Gasteiger partial charge in [-0.05, 0) is 19.3 Å². The minimum Gasteiger partial charge on any atom is -0.394 e. The molecule has 7 heteroatoms. The number of rotatable bonds is 5. The zero-order valence-corrected chi connectivity index (χ0v) is 12.1. The Morgan fingerprint density at radius 1 is 1.48 bits per heavy atom. The molecule has 1 aliphatic carbocycles. The van der Waals surface area contributed by atoms with Crippen LogP contribution >= 0.6 is 0 Å². The van der Waals surface area contributed by atoms with E-state index >= 15 is 0 Å². The molecule has 4 N–H and O–H groups in total. The minimum absolute atomic E-state index is 0.0105. The Balaban J connectivity index is 2.13. The van der Waals surface area contributed by atoms with Crippen LogP contribution in [0, 0.1) is 0 Å². The summed E-state index contributed by atoms with van der Waals surface area (Å²) in [5.74, 6) is 0.853. The molecule has 21 heavy (non-hydrogen) atoms. The van der Waals surface area contributed by atoms with Gasteiger partial charge in [-0.1, -0.05) is 19.1 Å². The molecular formula is C14H20N6O. The van der Waals surface area contributed by atoms with Gasteiger partial charge in [-0.3, -0.25) is 0 Å². The summed E-state index contributed by atoms with van der Waals surface area (Å²) >= 11 is 0. The highest BCUT2D eigenvalue weighted by Crippen LogP contribution is 2.33. The fourth-order valence-electron chi connectivity index (χ4n) is 2.74. The van der Waals surface area contributed by atoms with Crippen LogP contribution < -0.4 is 11.1 Å². The fraction of sp³-hybridized carbons (Fsp3) is 0.500. The van der Waals surface area contributed by atoms with Crippen LogP contribution in [-0.4, -0.2) is 37.8 Å². The molecule has 0 saturated heterocycles. The Kier molecular flexibility index (Phi) is 3.50. The molecule has 7 nitrogen and oxygen atoms in total. The third kappa shape index (κ3) is 2.23. The summed E-state index contributed by atoms with van der Waals surface area (Å²) in [5, 5.41) is 13.1. The molecule has 0 fully saturated rings. The van der Waals surface area contributed by atoms with Crippen LogP contribution in [0.3, 0.4) is 0 Å². The van der Waals surface area contributed by atoms with Crippen molar-refractivity contribution >= 4 is 22.9 Å². The van der Waals surface area contributed by atoms with Crippen LogP contribution in [0.1, 0.15) is 26.2 Å². The quantitative estimate of drug-likeness (QED) is 0.716. The molecule has 3 rings (SSSR count). The summed E-state index contributed by atoms with van der Waals surface area (Å²) in [5.41, 5.74) is 6.69. The zero-order chi connectivity index (χ0) is 14.9. The van der Waals surface area contributed by atoms with Gasteiger partial charge < -0.3 is 20.7 Å². The summed E-state index contributed by atoms with van der Waals surface area (Å²) < 4.78 is 1.90. The number of nitrogens with zero attached hydrogens (tertiary/aromatic N) is 4. The van der Waals surface area contributed by atoms with Gasteiger partial charge >= 0.3 is 0 Å². The first-order valence-corrected chi connectivity index (χ1v) is 7.23. The lowest BCUT2D eigenvalue weighted by Crippen LogP contribution is -2.33. The first-order valence-electron chi connectivity index (χ1n) is 7.23. The maximum Gasteiger partial charge on any atom is 0.224 e. The average molecular weight is 288 g/mol. The van der Waals surface area contributed by atoms with Gasteiger partial charge in [0.25, 0.3) is 0 Å². The zero-order valence-electron chi connectivity index (χ0n) is 12.1. The molecule has 1 unspecified atom stereocenters. The monoisotopic (exact) mass is 288 g/mol. The highest BCUT2D eigenvalue weighted by atomic mass is 16.3. The Morgan fingerprint density at radius 2 is 2.33 bits per heavy atom. The number of nitrogens with one attached hydrogen (secondary N) is 1. The maximum absolute atomic E-state index is 9.84. The molecule has 0 saturated carbocycles. The van der Waals surface area contributed by atoms with E-state index in [2.05, 4.69) is 33.3 Å². The van der Waals surface area contributed by atoms with E-state index in [1.54, 1.807) is 6.33 Å². The largest absolute Gasteiger partial charge is 0.394 e. The average Bonchev–Trinajstić information content (AvgIpc) is 3.11. The summed E-state index contributed by atoms with van der Waals surface area (Å²) in [6.07, 6.45) is 8.55. The van der Waals surface area contributed by atoms with Gasteiger partial charge in [0.05, 0.1) is 18.5 Å². The van der Waals surface area contributed by atoms with Crippen molar-refractivity contribution < 1.29 is 5.11 Å². The van der Waals surface area contributed by atoms with Crippen molar-refractivity contribution in [2.75, 3.05) is 24.2 Å². The third-order valence-electron chi connectivity index (χ3n) is 3.88. The molecule has 0 aromatic carbocycles. The van der Waals surface area contributed by atoms with Gasteiger partial charge in [0.2, 0.25) is 5.95 Å². The van der Waals surface area contributed by atoms with Crippen LogP contribution in [0.2, 0.25) is 0 Å². The first-order chi connectivity index (χ1) is 10.2. The standard InChI is InChI=1S/C14H20N6O/c1-2-7-16-11-10-12(19-13(15)18-11)20(9-17-10)14(8-21)5-3-4-6-14/h3,5,9,21H,2,4,6-8H2,1H3,(H3,15,16,18,19). The molecule has 2 heterocycles. The second kappa shape index (κ2) is 5.33. The van der Waals surface area contributed by atoms with Crippen LogP contribution in [0.15, 0.2) is 18.5 Å². The number of hydrogen-bond acceptors (Lipinski definition) is 6. The number of aliphatic hydroxyl groups excluding tert-OH is 1. The van der Waals surface area contributed by atoms with E-state index in [0.717, 1.165) is 25.8 Å². The molecule has 1 atom stereocenters. The smallest absolute Gasteiger partial charge is 0.224 e. The predicted molar refractivity (Wildman–Crippen MR) is 81.9 cm³/mol. The summed E-state index contributed by atoms with van der Waals surface area (Å²) in [7, 11) is 0. The van der Waals surface area contributed by atoms with Crippen molar-refractivity contribution in [3.05, 3.63) is 18.5 Å². The second-order valence-electron chi connectivity index (χ2n) is 5.35. The topological polar surface area (TPSA) is 102 Å². The Morgan fingerprint density at radius 3 is 3.00 bits per heavy atom. The van der Waals surface area contributed by atoms with Crippen LogP contribution in [0.25, 0.3) is 11.2 Å². The molecule has 0 bridgehead atoms. The highest BCUT2D eigenvalue weighted by molar-refractivity contribution is 5.84. The Labute approximate surface area is 122 Å². The molecule has 1 aliphatic rings. The number of aliphatic hydroxyl groups is 1. The van der Waals surface area contributed by atoms with E-state index in [-0.39, 0.29) is 12.6 Å². The lowest BCUT2D eigenvalue weighted by molar-refractivity contribution is 0.174. The van der Waals surface area contributed by atoms with Gasteiger partial charge in [-0.25, -0.2) is 4.98 Å². The maximum atomic E-state index is 9.84. The molecule has 0 spiro atoms. The number of nitrogen functional groups attached to an aromatic ring is 1. The number of fused-ring (bicyclic) bond motifs is 1. The molecule has 2 aromatic rings. The molecule has 0 aliphatic heterocycles. The molecule has 2 aromatic heterocycles. The van der Waals surface area contributed by atoms with Crippen molar-refractivity contribution in [1.29, 1.82) is 0 Å². The SMILES string of the molecule is CCCNc1nc(N)nc2c1ncn2C1(CO)C=CCC1. The van der Waals surface area contributed by atoms with E-state index in [1.807, 2.05) is 10.6 Å². The fourth-order valence-corrected chi connectivity index (χ4v) is 2.74. The van der Waals surface area contributed by atoms with E-state index in [4.69, 9.17) is 5.73 Å². The first kappa shape index (κ1) is 13.8. The van der Waals surface area contributed by atoms with Gasteiger partial charge in [0.1, 0.15) is 0 Å². The van der Waals surface area contributed by atoms with Crippen LogP contribution in [0.5, 0.6) is 0 Å². The Bertz CT molecular complexity index is 679. The van der Waals surface area contributed by atoms with Gasteiger partial charge in [-0.15, -0.1) is 0 Å². The van der Waals surface area contributed by atoms with E-state index in [1.165, 1.54) is 0 Å². The second-order valence-corrected chi connectivity index (χ2v) is 5.35. The number of aromatic nitrogens is 4. The lowest BCUT2D eigenvalue weighted by atomic mass is 10.0. The van der Waals surface area contributed by atoms with Crippen molar-refractivity contribution in [3.63, 3.8) is 0 Å². The molecule has 112 valence electrons. The van der Waals surface area contributed by atoms with Crippen LogP contribution in [0.4, 0.5) is 11.8 Å². The number of hydrogen-bond donors (Lipinski definition) is 3. The Hall–Kier alpha value is -2.15.